The van der Waals surface area contributed by atoms with E-state index in [0.29, 0.717) is 0 Å². The summed E-state index contributed by atoms with van der Waals surface area (Å²) >= 11 is 0. The van der Waals surface area contributed by atoms with Gasteiger partial charge in [0, 0.05) is 12.6 Å². The zero-order valence-corrected chi connectivity index (χ0v) is 5.58. The van der Waals surface area contributed by atoms with Crippen LogP contribution in [0.25, 0.3) is 0 Å². The first kappa shape index (κ1) is 5.69. The summed E-state index contributed by atoms with van der Waals surface area (Å²) in [5, 5.41) is 9.19. The van der Waals surface area contributed by atoms with Gasteiger partial charge in [0.1, 0.15) is 0 Å². The van der Waals surface area contributed by atoms with Crippen LogP contribution in [-0.4, -0.2) is 35.2 Å². The van der Waals surface area contributed by atoms with Gasteiger partial charge in [-0.25, -0.2) is 0 Å². The van der Waals surface area contributed by atoms with Crippen LogP contribution in [0.4, 0.5) is 0 Å². The van der Waals surface area contributed by atoms with Crippen LogP contribution in [0.1, 0.15) is 19.3 Å². The van der Waals surface area contributed by atoms with E-state index in [9.17, 15) is 5.11 Å². The van der Waals surface area contributed by atoms with Gasteiger partial charge in [-0.05, 0) is 25.8 Å². The van der Waals surface area contributed by atoms with Crippen molar-refractivity contribution in [2.24, 2.45) is 0 Å². The molecule has 9 heavy (non-hydrogen) atoms. The van der Waals surface area contributed by atoms with Crippen molar-refractivity contribution in [2.75, 3.05) is 13.1 Å². The zero-order valence-electron chi connectivity index (χ0n) is 5.58. The molecule has 2 saturated heterocycles. The third-order valence-electron chi connectivity index (χ3n) is 2.49. The quantitative estimate of drug-likeness (QED) is 0.503. The second-order valence-corrected chi connectivity index (χ2v) is 3.18. The first-order valence-electron chi connectivity index (χ1n) is 3.78. The second-order valence-electron chi connectivity index (χ2n) is 3.18. The van der Waals surface area contributed by atoms with Gasteiger partial charge in [-0.2, -0.15) is 0 Å². The predicted molar refractivity (Wildman–Crippen MR) is 35.2 cm³/mol. The standard InChI is InChI=1S/C7H13NO/c9-7-4-6-2-1-3-8(6)5-7/h6-7,9H,1-5H2/t6-,7-/m0/s1. The van der Waals surface area contributed by atoms with Crippen molar-refractivity contribution >= 4 is 0 Å². The van der Waals surface area contributed by atoms with Gasteiger partial charge in [0.2, 0.25) is 0 Å². The lowest BCUT2D eigenvalue weighted by Gasteiger charge is -2.11. The summed E-state index contributed by atoms with van der Waals surface area (Å²) in [4.78, 5) is 2.41. The van der Waals surface area contributed by atoms with Crippen molar-refractivity contribution in [3.63, 3.8) is 0 Å². The SMILES string of the molecule is O[C@H]1C[C@@H]2CCCN2C1. The maximum atomic E-state index is 9.19. The van der Waals surface area contributed by atoms with Crippen molar-refractivity contribution in [3.8, 4) is 0 Å². The van der Waals surface area contributed by atoms with Crippen LogP contribution < -0.4 is 0 Å². The molecule has 0 radical (unpaired) electrons. The average Bonchev–Trinajstić information content (AvgIpc) is 2.22. The van der Waals surface area contributed by atoms with E-state index >= 15 is 0 Å². The number of aliphatic hydroxyl groups is 1. The Balaban J connectivity index is 2.02. The van der Waals surface area contributed by atoms with Gasteiger partial charge in [-0.15, -0.1) is 0 Å². The monoisotopic (exact) mass is 127 g/mol. The Morgan fingerprint density at radius 2 is 2.33 bits per heavy atom. The van der Waals surface area contributed by atoms with Crippen LogP contribution in [-0.2, 0) is 0 Å². The maximum absolute atomic E-state index is 9.19. The molecule has 0 saturated carbocycles. The Hall–Kier alpha value is -0.0800. The highest BCUT2D eigenvalue weighted by atomic mass is 16.3. The minimum atomic E-state index is -0.0182. The molecule has 0 bridgehead atoms. The molecule has 0 aromatic heterocycles. The summed E-state index contributed by atoms with van der Waals surface area (Å²) in [6, 6.07) is 0.736. The summed E-state index contributed by atoms with van der Waals surface area (Å²) < 4.78 is 0. The topological polar surface area (TPSA) is 23.5 Å². The molecule has 2 heterocycles. The lowest BCUT2D eigenvalue weighted by atomic mass is 10.1. The van der Waals surface area contributed by atoms with E-state index in [2.05, 4.69) is 4.90 Å². The van der Waals surface area contributed by atoms with Crippen LogP contribution in [0.3, 0.4) is 0 Å². The van der Waals surface area contributed by atoms with Gasteiger partial charge < -0.3 is 5.11 Å². The van der Waals surface area contributed by atoms with Crippen molar-refractivity contribution in [2.45, 2.75) is 31.4 Å². The van der Waals surface area contributed by atoms with Crippen LogP contribution in [0.2, 0.25) is 0 Å². The van der Waals surface area contributed by atoms with Gasteiger partial charge in [-0.3, -0.25) is 4.90 Å². The van der Waals surface area contributed by atoms with Gasteiger partial charge in [0.15, 0.2) is 0 Å². The zero-order chi connectivity index (χ0) is 6.27. The molecule has 52 valence electrons. The predicted octanol–water partition coefficient (Wildman–Crippen LogP) is 0.215. The van der Waals surface area contributed by atoms with Crippen molar-refractivity contribution < 1.29 is 5.11 Å². The minimum absolute atomic E-state index is 0.0182. The number of hydrogen-bond acceptors (Lipinski definition) is 2. The number of hydrogen-bond donors (Lipinski definition) is 1. The number of rotatable bonds is 0. The molecule has 2 atom stereocenters. The second kappa shape index (κ2) is 1.96. The number of fused-ring (bicyclic) bond motifs is 1. The molecule has 2 aliphatic rings. The van der Waals surface area contributed by atoms with Gasteiger partial charge in [-0.1, -0.05) is 0 Å². The third-order valence-corrected chi connectivity index (χ3v) is 2.49. The van der Waals surface area contributed by atoms with Crippen molar-refractivity contribution in [3.05, 3.63) is 0 Å². The largest absolute Gasteiger partial charge is 0.392 e. The number of nitrogens with zero attached hydrogens (tertiary/aromatic N) is 1. The third kappa shape index (κ3) is 0.864. The number of aliphatic hydroxyl groups excluding tert-OH is 1. The molecule has 2 heteroatoms. The van der Waals surface area contributed by atoms with Crippen molar-refractivity contribution in [1.29, 1.82) is 0 Å². The summed E-state index contributed by atoms with van der Waals surface area (Å²) in [6.45, 7) is 2.16. The summed E-state index contributed by atoms with van der Waals surface area (Å²) in [5.41, 5.74) is 0. The molecule has 1 N–H and O–H groups in total. The average molecular weight is 127 g/mol. The molecule has 2 rings (SSSR count). The van der Waals surface area contributed by atoms with E-state index in [-0.39, 0.29) is 6.10 Å². The molecule has 0 unspecified atom stereocenters. The van der Waals surface area contributed by atoms with Crippen LogP contribution in [0.15, 0.2) is 0 Å². The van der Waals surface area contributed by atoms with E-state index < -0.39 is 0 Å². The van der Waals surface area contributed by atoms with Crippen LogP contribution in [0.5, 0.6) is 0 Å². The lowest BCUT2D eigenvalue weighted by Crippen LogP contribution is -2.23. The summed E-state index contributed by atoms with van der Waals surface area (Å²) in [6.07, 6.45) is 3.67. The first-order chi connectivity index (χ1) is 4.36. The smallest absolute Gasteiger partial charge is 0.0682 e. The molecule has 0 spiro atoms. The van der Waals surface area contributed by atoms with Gasteiger partial charge >= 0.3 is 0 Å². The Morgan fingerprint density at radius 3 is 3.11 bits per heavy atom. The Morgan fingerprint density at radius 1 is 1.44 bits per heavy atom. The molecular formula is C7H13NO. The summed E-state index contributed by atoms with van der Waals surface area (Å²) in [5.74, 6) is 0. The highest BCUT2D eigenvalue weighted by Crippen LogP contribution is 2.27. The Kier molecular flexibility index (Phi) is 1.24. The maximum Gasteiger partial charge on any atom is 0.0682 e. The lowest BCUT2D eigenvalue weighted by molar-refractivity contribution is 0.177. The highest BCUT2D eigenvalue weighted by Gasteiger charge is 2.33. The Bertz CT molecular complexity index is 103. The Labute approximate surface area is 55.5 Å². The fraction of sp³-hybridized carbons (Fsp3) is 1.00. The van der Waals surface area contributed by atoms with E-state index in [1.54, 1.807) is 0 Å². The fourth-order valence-corrected chi connectivity index (χ4v) is 2.06. The van der Waals surface area contributed by atoms with Crippen molar-refractivity contribution in [1.82, 2.24) is 4.90 Å². The highest BCUT2D eigenvalue weighted by molar-refractivity contribution is 4.89. The molecule has 0 aromatic carbocycles. The molecule has 2 nitrogen and oxygen atoms in total. The first-order valence-corrected chi connectivity index (χ1v) is 3.78. The van der Waals surface area contributed by atoms with E-state index in [1.807, 2.05) is 0 Å². The van der Waals surface area contributed by atoms with Gasteiger partial charge in [0.05, 0.1) is 6.10 Å². The molecule has 0 aromatic rings. The van der Waals surface area contributed by atoms with Crippen LogP contribution in [0, 0.1) is 0 Å². The molecular weight excluding hydrogens is 114 g/mol. The molecule has 2 aliphatic heterocycles. The van der Waals surface area contributed by atoms with E-state index in [4.69, 9.17) is 0 Å². The normalized spacial score (nSPS) is 43.7. The minimum Gasteiger partial charge on any atom is -0.392 e. The molecule has 0 amide bonds. The van der Waals surface area contributed by atoms with Crippen LogP contribution >= 0.6 is 0 Å². The molecule has 2 fully saturated rings. The van der Waals surface area contributed by atoms with E-state index in [0.717, 1.165) is 19.0 Å². The van der Waals surface area contributed by atoms with E-state index in [1.165, 1.54) is 19.4 Å². The summed E-state index contributed by atoms with van der Waals surface area (Å²) in [7, 11) is 0. The fourth-order valence-electron chi connectivity index (χ4n) is 2.06. The molecule has 0 aliphatic carbocycles. The van der Waals surface area contributed by atoms with Gasteiger partial charge in [0.25, 0.3) is 0 Å².